The van der Waals surface area contributed by atoms with E-state index >= 15 is 0 Å². The Morgan fingerprint density at radius 1 is 1.15 bits per heavy atom. The summed E-state index contributed by atoms with van der Waals surface area (Å²) in [5.74, 6) is 0. The van der Waals surface area contributed by atoms with Gasteiger partial charge in [-0.2, -0.15) is 4.31 Å². The number of ether oxygens (including phenoxy) is 1. The summed E-state index contributed by atoms with van der Waals surface area (Å²) in [6.45, 7) is 4.91. The summed E-state index contributed by atoms with van der Waals surface area (Å²) in [5.41, 5.74) is 4.05. The molecule has 1 aromatic rings. The molecule has 0 unspecified atom stereocenters. The van der Waals surface area contributed by atoms with Gasteiger partial charge in [-0.1, -0.05) is 17.7 Å². The van der Waals surface area contributed by atoms with Crippen LogP contribution < -0.4 is 10.7 Å². The molecule has 0 aromatic heterocycles. The van der Waals surface area contributed by atoms with Gasteiger partial charge in [0.15, 0.2) is 0 Å². The van der Waals surface area contributed by atoms with Gasteiger partial charge >= 0.3 is 6.03 Å². The van der Waals surface area contributed by atoms with Crippen LogP contribution in [0.5, 0.6) is 0 Å². The zero-order valence-corrected chi connectivity index (χ0v) is 15.8. The highest BCUT2D eigenvalue weighted by molar-refractivity contribution is 7.89. The van der Waals surface area contributed by atoms with Crippen molar-refractivity contribution >= 4 is 16.1 Å². The highest BCUT2D eigenvalue weighted by atomic mass is 32.2. The lowest BCUT2D eigenvalue weighted by molar-refractivity contribution is 0.141. The van der Waals surface area contributed by atoms with Gasteiger partial charge in [-0.05, 0) is 31.9 Å². The third kappa shape index (κ3) is 4.53. The zero-order valence-electron chi connectivity index (χ0n) is 15.0. The fourth-order valence-electron chi connectivity index (χ4n) is 3.12. The molecule has 3 rings (SSSR count). The van der Waals surface area contributed by atoms with Gasteiger partial charge < -0.3 is 10.1 Å². The Hall–Kier alpha value is -1.68. The first-order chi connectivity index (χ1) is 12.5. The second kappa shape index (κ2) is 8.34. The van der Waals surface area contributed by atoms with Crippen LogP contribution in [-0.4, -0.2) is 69.2 Å². The minimum Gasteiger partial charge on any atom is -0.378 e. The number of benzene rings is 1. The van der Waals surface area contributed by atoms with Gasteiger partial charge in [0.25, 0.3) is 0 Å². The number of nitrogens with one attached hydrogen (secondary N) is 2. The standard InChI is InChI=1S/C17H26N4O4S/c1-14-2-4-16(5-3-14)26(23,24)20-9-6-15(7-10-20)19-17(22)21-11-13-25-12-8-18-21/h2-5,15,18H,6-13H2,1H3,(H,19,22). The Bertz CT molecular complexity index is 707. The summed E-state index contributed by atoms with van der Waals surface area (Å²) in [6.07, 6.45) is 1.20. The van der Waals surface area contributed by atoms with E-state index < -0.39 is 10.0 Å². The number of amides is 2. The van der Waals surface area contributed by atoms with Crippen LogP contribution in [0.15, 0.2) is 29.2 Å². The monoisotopic (exact) mass is 382 g/mol. The number of carbonyl (C=O) groups excluding carboxylic acids is 1. The van der Waals surface area contributed by atoms with Gasteiger partial charge in [-0.15, -0.1) is 0 Å². The molecule has 0 radical (unpaired) electrons. The van der Waals surface area contributed by atoms with Crippen LogP contribution in [-0.2, 0) is 14.8 Å². The van der Waals surface area contributed by atoms with Crippen LogP contribution in [0.3, 0.4) is 0 Å². The maximum absolute atomic E-state index is 12.7. The van der Waals surface area contributed by atoms with Crippen molar-refractivity contribution in [3.63, 3.8) is 0 Å². The lowest BCUT2D eigenvalue weighted by Gasteiger charge is -2.33. The third-order valence-corrected chi connectivity index (χ3v) is 6.61. The van der Waals surface area contributed by atoms with E-state index in [0.29, 0.717) is 57.1 Å². The van der Waals surface area contributed by atoms with Crippen molar-refractivity contribution in [3.05, 3.63) is 29.8 Å². The Balaban J connectivity index is 1.53. The summed E-state index contributed by atoms with van der Waals surface area (Å²) >= 11 is 0. The van der Waals surface area contributed by atoms with Crippen LogP contribution in [0.2, 0.25) is 0 Å². The van der Waals surface area contributed by atoms with Crippen LogP contribution >= 0.6 is 0 Å². The second-order valence-electron chi connectivity index (χ2n) is 6.61. The summed E-state index contributed by atoms with van der Waals surface area (Å²) in [7, 11) is -3.47. The Kier molecular flexibility index (Phi) is 6.13. The Morgan fingerprint density at radius 2 is 1.85 bits per heavy atom. The Labute approximate surface area is 154 Å². The van der Waals surface area contributed by atoms with E-state index in [4.69, 9.17) is 4.74 Å². The molecule has 2 fully saturated rings. The average molecular weight is 382 g/mol. The molecule has 0 spiro atoms. The lowest BCUT2D eigenvalue weighted by Crippen LogP contribution is -2.54. The molecule has 0 aliphatic carbocycles. The summed E-state index contributed by atoms with van der Waals surface area (Å²) in [6, 6.07) is 6.68. The zero-order chi connectivity index (χ0) is 18.6. The first-order valence-electron chi connectivity index (χ1n) is 8.93. The molecule has 0 saturated carbocycles. The summed E-state index contributed by atoms with van der Waals surface area (Å²) < 4.78 is 32.2. The normalized spacial score (nSPS) is 20.6. The molecule has 8 nitrogen and oxygen atoms in total. The van der Waals surface area contributed by atoms with Crippen LogP contribution in [0, 0.1) is 6.92 Å². The molecule has 2 aliphatic heterocycles. The van der Waals surface area contributed by atoms with Crippen molar-refractivity contribution in [2.24, 2.45) is 0 Å². The van der Waals surface area contributed by atoms with E-state index in [0.717, 1.165) is 5.56 Å². The average Bonchev–Trinajstić information content (AvgIpc) is 2.92. The maximum Gasteiger partial charge on any atom is 0.332 e. The van der Waals surface area contributed by atoms with Crippen molar-refractivity contribution in [2.75, 3.05) is 39.4 Å². The number of nitrogens with zero attached hydrogens (tertiary/aromatic N) is 2. The summed E-state index contributed by atoms with van der Waals surface area (Å²) in [5, 5.41) is 4.51. The Morgan fingerprint density at radius 3 is 2.54 bits per heavy atom. The van der Waals surface area contributed by atoms with E-state index in [1.165, 1.54) is 9.31 Å². The topological polar surface area (TPSA) is 91.0 Å². The first-order valence-corrected chi connectivity index (χ1v) is 10.4. The van der Waals surface area contributed by atoms with Crippen molar-refractivity contribution in [1.82, 2.24) is 20.1 Å². The fourth-order valence-corrected chi connectivity index (χ4v) is 4.59. The lowest BCUT2D eigenvalue weighted by atomic mass is 10.1. The third-order valence-electron chi connectivity index (χ3n) is 4.69. The quantitative estimate of drug-likeness (QED) is 0.803. The van der Waals surface area contributed by atoms with Crippen LogP contribution in [0.4, 0.5) is 4.79 Å². The number of piperidine rings is 1. The van der Waals surface area contributed by atoms with Crippen molar-refractivity contribution in [1.29, 1.82) is 0 Å². The fraction of sp³-hybridized carbons (Fsp3) is 0.588. The van der Waals surface area contributed by atoms with Gasteiger partial charge in [0, 0.05) is 25.7 Å². The van der Waals surface area contributed by atoms with Crippen molar-refractivity contribution in [2.45, 2.75) is 30.7 Å². The van der Waals surface area contributed by atoms with Gasteiger partial charge in [0.2, 0.25) is 10.0 Å². The van der Waals surface area contributed by atoms with Crippen LogP contribution in [0.25, 0.3) is 0 Å². The van der Waals surface area contributed by atoms with Gasteiger partial charge in [-0.3, -0.25) is 5.01 Å². The molecule has 2 amide bonds. The van der Waals surface area contributed by atoms with E-state index in [1.54, 1.807) is 24.3 Å². The minimum atomic E-state index is -3.47. The van der Waals surface area contributed by atoms with Crippen LogP contribution in [0.1, 0.15) is 18.4 Å². The molecule has 2 heterocycles. The molecule has 2 saturated heterocycles. The number of sulfonamides is 1. The molecule has 0 atom stereocenters. The van der Waals surface area contributed by atoms with E-state index in [2.05, 4.69) is 10.7 Å². The molecule has 2 N–H and O–H groups in total. The largest absolute Gasteiger partial charge is 0.378 e. The molecule has 1 aromatic carbocycles. The van der Waals surface area contributed by atoms with E-state index in [9.17, 15) is 13.2 Å². The number of hydrazine groups is 1. The SMILES string of the molecule is Cc1ccc(S(=O)(=O)N2CCC(NC(=O)N3CCOCCN3)CC2)cc1. The number of carbonyl (C=O) groups is 1. The molecule has 26 heavy (non-hydrogen) atoms. The number of hydrogen-bond acceptors (Lipinski definition) is 5. The maximum atomic E-state index is 12.7. The smallest absolute Gasteiger partial charge is 0.332 e. The van der Waals surface area contributed by atoms with Crippen molar-refractivity contribution in [3.8, 4) is 0 Å². The first kappa shape index (κ1) is 19.1. The highest BCUT2D eigenvalue weighted by Crippen LogP contribution is 2.21. The number of urea groups is 1. The van der Waals surface area contributed by atoms with E-state index in [1.807, 2.05) is 6.92 Å². The number of aryl methyl sites for hydroxylation is 1. The molecular formula is C17H26N4O4S. The van der Waals surface area contributed by atoms with Gasteiger partial charge in [0.05, 0.1) is 24.7 Å². The molecule has 0 bridgehead atoms. The molecule has 9 heteroatoms. The van der Waals surface area contributed by atoms with E-state index in [-0.39, 0.29) is 12.1 Å². The summed E-state index contributed by atoms with van der Waals surface area (Å²) in [4.78, 5) is 12.6. The molecule has 2 aliphatic rings. The van der Waals surface area contributed by atoms with Crippen molar-refractivity contribution < 1.29 is 17.9 Å². The minimum absolute atomic E-state index is 0.0297. The van der Waals surface area contributed by atoms with Gasteiger partial charge in [-0.25, -0.2) is 18.6 Å². The molecule has 144 valence electrons. The number of hydrogen-bond donors (Lipinski definition) is 2. The predicted octanol–water partition coefficient (Wildman–Crippen LogP) is 0.695. The predicted molar refractivity (Wildman–Crippen MR) is 97.0 cm³/mol. The molecular weight excluding hydrogens is 356 g/mol. The number of rotatable bonds is 3. The van der Waals surface area contributed by atoms with Gasteiger partial charge in [0.1, 0.15) is 0 Å². The highest BCUT2D eigenvalue weighted by Gasteiger charge is 2.30. The second-order valence-corrected chi connectivity index (χ2v) is 8.55.